The van der Waals surface area contributed by atoms with Crippen LogP contribution in [0.15, 0.2) is 29.3 Å². The Bertz CT molecular complexity index is 527. The third-order valence-electron chi connectivity index (χ3n) is 3.68. The summed E-state index contributed by atoms with van der Waals surface area (Å²) >= 11 is 0. The average Bonchev–Trinajstić information content (AvgIpc) is 2.55. The molecular formula is C19H33IN4O. The van der Waals surface area contributed by atoms with Gasteiger partial charge in [0.1, 0.15) is 0 Å². The first-order valence-corrected chi connectivity index (χ1v) is 8.76. The fraction of sp³-hybridized carbons (Fsp3) is 0.579. The third-order valence-corrected chi connectivity index (χ3v) is 3.68. The first-order chi connectivity index (χ1) is 11.4. The lowest BCUT2D eigenvalue weighted by atomic mass is 10.1. The summed E-state index contributed by atoms with van der Waals surface area (Å²) in [5, 5.41) is 9.52. The summed E-state index contributed by atoms with van der Waals surface area (Å²) in [6.45, 7) is 9.86. The van der Waals surface area contributed by atoms with Crippen molar-refractivity contribution in [3.05, 3.63) is 29.8 Å². The van der Waals surface area contributed by atoms with Gasteiger partial charge in [0.25, 0.3) is 0 Å². The van der Waals surface area contributed by atoms with Gasteiger partial charge in [-0.3, -0.25) is 9.79 Å². The van der Waals surface area contributed by atoms with Crippen LogP contribution in [0.4, 0.5) is 5.69 Å². The second-order valence-electron chi connectivity index (χ2n) is 6.73. The molecule has 0 saturated carbocycles. The third kappa shape index (κ3) is 10.3. The summed E-state index contributed by atoms with van der Waals surface area (Å²) < 4.78 is 0. The first kappa shape index (κ1) is 23.7. The Balaban J connectivity index is 0.00000576. The van der Waals surface area contributed by atoms with Gasteiger partial charge in [-0.2, -0.15) is 0 Å². The van der Waals surface area contributed by atoms with E-state index in [-0.39, 0.29) is 35.8 Å². The highest BCUT2D eigenvalue weighted by atomic mass is 127. The van der Waals surface area contributed by atoms with Crippen LogP contribution in [0.25, 0.3) is 0 Å². The lowest BCUT2D eigenvalue weighted by Crippen LogP contribution is -2.37. The number of halogens is 1. The topological polar surface area (TPSA) is 65.5 Å². The Morgan fingerprint density at radius 1 is 1.08 bits per heavy atom. The van der Waals surface area contributed by atoms with Crippen LogP contribution in [0, 0.1) is 11.8 Å². The number of hydrogen-bond acceptors (Lipinski definition) is 2. The lowest BCUT2D eigenvalue weighted by molar-refractivity contribution is -0.118. The molecule has 0 heterocycles. The number of aliphatic imine (C=N–C) groups is 1. The summed E-state index contributed by atoms with van der Waals surface area (Å²) in [5.74, 6) is 1.57. The molecule has 0 unspecified atom stereocenters. The normalized spacial score (nSPS) is 11.2. The Morgan fingerprint density at radius 2 is 1.72 bits per heavy atom. The monoisotopic (exact) mass is 460 g/mol. The van der Waals surface area contributed by atoms with Crippen LogP contribution >= 0.6 is 24.0 Å². The molecule has 0 saturated heterocycles. The zero-order valence-corrected chi connectivity index (χ0v) is 18.4. The first-order valence-electron chi connectivity index (χ1n) is 8.76. The maximum atomic E-state index is 11.7. The molecule has 142 valence electrons. The smallest absolute Gasteiger partial charge is 0.226 e. The molecule has 0 aliphatic rings. The number of nitrogens with one attached hydrogen (secondary N) is 3. The molecule has 1 amide bonds. The molecule has 6 heteroatoms. The Morgan fingerprint density at radius 3 is 2.24 bits per heavy atom. The van der Waals surface area contributed by atoms with Crippen molar-refractivity contribution in [3.63, 3.8) is 0 Å². The van der Waals surface area contributed by atoms with Gasteiger partial charge in [-0.05, 0) is 36.5 Å². The maximum Gasteiger partial charge on any atom is 0.226 e. The van der Waals surface area contributed by atoms with E-state index >= 15 is 0 Å². The van der Waals surface area contributed by atoms with Crippen LogP contribution < -0.4 is 16.0 Å². The predicted molar refractivity (Wildman–Crippen MR) is 118 cm³/mol. The van der Waals surface area contributed by atoms with Crippen molar-refractivity contribution in [2.24, 2.45) is 16.8 Å². The summed E-state index contributed by atoms with van der Waals surface area (Å²) in [5.41, 5.74) is 1.97. The highest BCUT2D eigenvalue weighted by Crippen LogP contribution is 2.11. The van der Waals surface area contributed by atoms with Gasteiger partial charge >= 0.3 is 0 Å². The molecule has 0 aromatic heterocycles. The molecule has 1 aromatic carbocycles. The second kappa shape index (κ2) is 13.0. The standard InChI is InChI=1S/C19H32N4O.HI/c1-14(2)7-6-12-21-19(20-5)22-13-16-8-10-17(11-9-16)23-18(24)15(3)4;/h8-11,14-15H,6-7,12-13H2,1-5H3,(H,23,24)(H2,20,21,22);1H. The number of carbonyl (C=O) groups is 1. The minimum Gasteiger partial charge on any atom is -0.356 e. The van der Waals surface area contributed by atoms with Gasteiger partial charge in [-0.25, -0.2) is 0 Å². The largest absolute Gasteiger partial charge is 0.356 e. The van der Waals surface area contributed by atoms with E-state index < -0.39 is 0 Å². The molecule has 0 radical (unpaired) electrons. The maximum absolute atomic E-state index is 11.7. The van der Waals surface area contributed by atoms with Gasteiger partial charge in [-0.1, -0.05) is 39.8 Å². The van der Waals surface area contributed by atoms with Crippen molar-refractivity contribution in [2.45, 2.75) is 47.1 Å². The van der Waals surface area contributed by atoms with Crippen molar-refractivity contribution in [1.82, 2.24) is 10.6 Å². The molecular weight excluding hydrogens is 427 g/mol. The van der Waals surface area contributed by atoms with Crippen molar-refractivity contribution >= 4 is 41.5 Å². The second-order valence-corrected chi connectivity index (χ2v) is 6.73. The van der Waals surface area contributed by atoms with E-state index in [1.54, 1.807) is 7.05 Å². The van der Waals surface area contributed by atoms with Crippen molar-refractivity contribution in [2.75, 3.05) is 18.9 Å². The summed E-state index contributed by atoms with van der Waals surface area (Å²) in [6, 6.07) is 7.87. The van der Waals surface area contributed by atoms with Crippen LogP contribution in [0.2, 0.25) is 0 Å². The van der Waals surface area contributed by atoms with Crippen molar-refractivity contribution in [1.29, 1.82) is 0 Å². The molecule has 25 heavy (non-hydrogen) atoms. The zero-order chi connectivity index (χ0) is 17.9. The fourth-order valence-corrected chi connectivity index (χ4v) is 2.12. The fourth-order valence-electron chi connectivity index (χ4n) is 2.12. The SMILES string of the molecule is CN=C(NCCCC(C)C)NCc1ccc(NC(=O)C(C)C)cc1.I. The number of rotatable bonds is 8. The number of benzene rings is 1. The van der Waals surface area contributed by atoms with Crippen LogP contribution in [-0.2, 0) is 11.3 Å². The minimum atomic E-state index is -0.0172. The average molecular weight is 460 g/mol. The minimum absolute atomic E-state index is 0. The van der Waals surface area contributed by atoms with E-state index in [2.05, 4.69) is 34.8 Å². The summed E-state index contributed by atoms with van der Waals surface area (Å²) in [4.78, 5) is 15.9. The molecule has 5 nitrogen and oxygen atoms in total. The molecule has 0 aliphatic carbocycles. The molecule has 0 fully saturated rings. The highest BCUT2D eigenvalue weighted by molar-refractivity contribution is 14.0. The van der Waals surface area contributed by atoms with E-state index in [0.29, 0.717) is 6.54 Å². The van der Waals surface area contributed by atoms with Crippen LogP contribution in [0.3, 0.4) is 0 Å². The number of carbonyl (C=O) groups excluding carboxylic acids is 1. The highest BCUT2D eigenvalue weighted by Gasteiger charge is 2.06. The Labute approximate surface area is 169 Å². The quantitative estimate of drug-likeness (QED) is 0.238. The molecule has 1 rings (SSSR count). The van der Waals surface area contributed by atoms with Crippen molar-refractivity contribution < 1.29 is 4.79 Å². The zero-order valence-electron chi connectivity index (χ0n) is 16.1. The number of amides is 1. The van der Waals surface area contributed by atoms with Gasteiger partial charge in [-0.15, -0.1) is 24.0 Å². The summed E-state index contributed by atoms with van der Waals surface area (Å²) in [6.07, 6.45) is 2.36. The van der Waals surface area contributed by atoms with Gasteiger partial charge in [0.2, 0.25) is 5.91 Å². The molecule has 0 atom stereocenters. The van der Waals surface area contributed by atoms with E-state index in [0.717, 1.165) is 36.1 Å². The Kier molecular flexibility index (Phi) is 12.3. The van der Waals surface area contributed by atoms with Gasteiger partial charge in [0.15, 0.2) is 5.96 Å². The van der Waals surface area contributed by atoms with Crippen LogP contribution in [0.1, 0.15) is 46.1 Å². The number of anilines is 1. The van der Waals surface area contributed by atoms with Gasteiger partial charge < -0.3 is 16.0 Å². The van der Waals surface area contributed by atoms with E-state index in [1.807, 2.05) is 38.1 Å². The van der Waals surface area contributed by atoms with Crippen LogP contribution in [0.5, 0.6) is 0 Å². The van der Waals surface area contributed by atoms with Gasteiger partial charge in [0.05, 0.1) is 0 Å². The molecule has 0 spiro atoms. The number of nitrogens with zero attached hydrogens (tertiary/aromatic N) is 1. The lowest BCUT2D eigenvalue weighted by Gasteiger charge is -2.13. The van der Waals surface area contributed by atoms with Crippen LogP contribution in [-0.4, -0.2) is 25.5 Å². The molecule has 0 aliphatic heterocycles. The summed E-state index contributed by atoms with van der Waals surface area (Å²) in [7, 11) is 1.78. The van der Waals surface area contributed by atoms with Crippen molar-refractivity contribution in [3.8, 4) is 0 Å². The van der Waals surface area contributed by atoms with E-state index in [9.17, 15) is 4.79 Å². The van der Waals surface area contributed by atoms with E-state index in [1.165, 1.54) is 6.42 Å². The number of guanidine groups is 1. The van der Waals surface area contributed by atoms with Gasteiger partial charge in [0, 0.05) is 31.7 Å². The molecule has 1 aromatic rings. The number of hydrogen-bond donors (Lipinski definition) is 3. The van der Waals surface area contributed by atoms with E-state index in [4.69, 9.17) is 0 Å². The Hall–Kier alpha value is -1.31. The molecule has 0 bridgehead atoms. The predicted octanol–water partition coefficient (Wildman–Crippen LogP) is 4.00. The molecule has 3 N–H and O–H groups in total.